The second-order valence-corrected chi connectivity index (χ2v) is 7.87. The molecular formula is C26H21FN2O5S. The van der Waals surface area contributed by atoms with Gasteiger partial charge in [0.2, 0.25) is 0 Å². The Balaban J connectivity index is 1.58. The molecule has 35 heavy (non-hydrogen) atoms. The molecule has 7 nitrogen and oxygen atoms in total. The first-order chi connectivity index (χ1) is 16.9. The molecule has 1 aliphatic heterocycles. The van der Waals surface area contributed by atoms with Crippen molar-refractivity contribution in [1.29, 1.82) is 0 Å². The molecule has 0 aromatic heterocycles. The number of nitrogens with zero attached hydrogens (tertiary/aromatic N) is 1. The molecule has 0 saturated carbocycles. The summed E-state index contributed by atoms with van der Waals surface area (Å²) in [5.41, 5.74) is 1.61. The lowest BCUT2D eigenvalue weighted by atomic mass is 10.1. The van der Waals surface area contributed by atoms with E-state index in [0.29, 0.717) is 34.1 Å². The van der Waals surface area contributed by atoms with Crippen molar-refractivity contribution < 1.29 is 28.2 Å². The summed E-state index contributed by atoms with van der Waals surface area (Å²) in [5, 5.41) is 2.54. The third-order valence-corrected chi connectivity index (χ3v) is 5.50. The van der Waals surface area contributed by atoms with Gasteiger partial charge in [-0.3, -0.25) is 19.8 Å². The highest BCUT2D eigenvalue weighted by atomic mass is 32.1. The van der Waals surface area contributed by atoms with Gasteiger partial charge >= 0.3 is 0 Å². The third-order valence-electron chi connectivity index (χ3n) is 5.21. The topological polar surface area (TPSA) is 77.1 Å². The number of halogens is 1. The Hall–Kier alpha value is -4.24. The van der Waals surface area contributed by atoms with Crippen molar-refractivity contribution in [3.8, 4) is 17.2 Å². The first-order valence-corrected chi connectivity index (χ1v) is 10.9. The molecule has 9 heteroatoms. The van der Waals surface area contributed by atoms with Crippen LogP contribution in [0.4, 0.5) is 10.1 Å². The van der Waals surface area contributed by atoms with Crippen LogP contribution in [0.2, 0.25) is 0 Å². The Kier molecular flexibility index (Phi) is 7.07. The van der Waals surface area contributed by atoms with Gasteiger partial charge in [0.25, 0.3) is 11.8 Å². The van der Waals surface area contributed by atoms with Gasteiger partial charge in [0.05, 0.1) is 19.9 Å². The Labute approximate surface area is 206 Å². The lowest BCUT2D eigenvalue weighted by Crippen LogP contribution is -2.54. The van der Waals surface area contributed by atoms with Gasteiger partial charge in [-0.2, -0.15) is 0 Å². The quantitative estimate of drug-likeness (QED) is 0.302. The van der Waals surface area contributed by atoms with E-state index < -0.39 is 11.8 Å². The van der Waals surface area contributed by atoms with Crippen molar-refractivity contribution in [2.75, 3.05) is 19.1 Å². The normalized spacial score (nSPS) is 14.7. The van der Waals surface area contributed by atoms with Gasteiger partial charge in [0, 0.05) is 0 Å². The van der Waals surface area contributed by atoms with Crippen LogP contribution in [-0.2, 0) is 16.2 Å². The van der Waals surface area contributed by atoms with Crippen LogP contribution in [0.3, 0.4) is 0 Å². The fraction of sp³-hybridized carbons (Fsp3) is 0.115. The lowest BCUT2D eigenvalue weighted by Gasteiger charge is -2.29. The molecular weight excluding hydrogens is 471 g/mol. The molecule has 3 aromatic carbocycles. The first kappa shape index (κ1) is 23.9. The summed E-state index contributed by atoms with van der Waals surface area (Å²) >= 11 is 5.23. The number of benzene rings is 3. The molecule has 0 bridgehead atoms. The predicted molar refractivity (Wildman–Crippen MR) is 133 cm³/mol. The van der Waals surface area contributed by atoms with Gasteiger partial charge in [-0.15, -0.1) is 0 Å². The van der Waals surface area contributed by atoms with Crippen molar-refractivity contribution in [1.82, 2.24) is 5.32 Å². The van der Waals surface area contributed by atoms with E-state index >= 15 is 0 Å². The Bertz CT molecular complexity index is 1320. The van der Waals surface area contributed by atoms with Crippen LogP contribution in [0.15, 0.2) is 72.3 Å². The maximum Gasteiger partial charge on any atom is 0.270 e. The van der Waals surface area contributed by atoms with E-state index in [1.165, 1.54) is 30.2 Å². The molecule has 1 saturated heterocycles. The van der Waals surface area contributed by atoms with Gasteiger partial charge in [-0.25, -0.2) is 4.39 Å². The second-order valence-electron chi connectivity index (χ2n) is 7.48. The minimum absolute atomic E-state index is 0.0130. The number of thiocarbonyl (C=S) groups is 1. The molecule has 0 spiro atoms. The fourth-order valence-corrected chi connectivity index (χ4v) is 3.75. The summed E-state index contributed by atoms with van der Waals surface area (Å²) in [6.07, 6.45) is 1.45. The number of nitrogens with one attached hydrogen (secondary N) is 1. The molecule has 0 unspecified atom stereocenters. The summed E-state index contributed by atoms with van der Waals surface area (Å²) < 4.78 is 29.7. The summed E-state index contributed by atoms with van der Waals surface area (Å²) in [4.78, 5) is 27.0. The summed E-state index contributed by atoms with van der Waals surface area (Å²) in [6, 6.07) is 17.8. The molecule has 1 fully saturated rings. The van der Waals surface area contributed by atoms with Crippen molar-refractivity contribution in [2.24, 2.45) is 0 Å². The number of amides is 2. The van der Waals surface area contributed by atoms with E-state index in [9.17, 15) is 14.0 Å². The van der Waals surface area contributed by atoms with Crippen molar-refractivity contribution in [3.63, 3.8) is 0 Å². The van der Waals surface area contributed by atoms with Gasteiger partial charge in [0.1, 0.15) is 23.7 Å². The van der Waals surface area contributed by atoms with Crippen molar-refractivity contribution in [3.05, 3.63) is 89.2 Å². The molecule has 0 atom stereocenters. The van der Waals surface area contributed by atoms with Crippen molar-refractivity contribution in [2.45, 2.75) is 6.61 Å². The molecule has 1 heterocycles. The number of hydrogen-bond donors (Lipinski definition) is 1. The second kappa shape index (κ2) is 10.4. The maximum atomic E-state index is 13.4. The highest BCUT2D eigenvalue weighted by Gasteiger charge is 2.34. The van der Waals surface area contributed by atoms with Crippen LogP contribution in [-0.4, -0.2) is 31.1 Å². The number of methoxy groups -OCH3 is 2. The number of carbonyl (C=O) groups is 2. The van der Waals surface area contributed by atoms with Crippen LogP contribution < -0.4 is 24.4 Å². The molecule has 0 radical (unpaired) electrons. The predicted octanol–water partition coefficient (Wildman–Crippen LogP) is 4.25. The molecule has 178 valence electrons. The minimum Gasteiger partial charge on any atom is -0.497 e. The number of anilines is 1. The molecule has 3 aromatic rings. The maximum absolute atomic E-state index is 13.4. The summed E-state index contributed by atoms with van der Waals surface area (Å²) in [7, 11) is 3.02. The zero-order chi connectivity index (χ0) is 24.9. The van der Waals surface area contributed by atoms with E-state index in [2.05, 4.69) is 5.32 Å². The Morgan fingerprint density at radius 3 is 2.43 bits per heavy atom. The average molecular weight is 493 g/mol. The van der Waals surface area contributed by atoms with Crippen LogP contribution in [0, 0.1) is 5.82 Å². The zero-order valence-electron chi connectivity index (χ0n) is 18.9. The molecule has 4 rings (SSSR count). The highest BCUT2D eigenvalue weighted by molar-refractivity contribution is 7.80. The SMILES string of the molecule is COc1ccc(N2C(=O)C(=Cc3ccc(OCc4cccc(F)c4)c(OC)c3)C(=O)NC2=S)cc1. The average Bonchev–Trinajstić information content (AvgIpc) is 2.86. The molecule has 1 aliphatic rings. The van der Waals surface area contributed by atoms with Gasteiger partial charge in [-0.05, 0) is 78.0 Å². The number of hydrogen-bond acceptors (Lipinski definition) is 6. The standard InChI is InChI=1S/C26H21FN2O5S/c1-32-20-9-7-19(8-10-20)29-25(31)21(24(30)28-26(29)35)13-16-6-11-22(23(14-16)33-2)34-15-17-4-3-5-18(27)12-17/h3-14H,15H2,1-2H3,(H,28,30,35). The number of carbonyl (C=O) groups excluding carboxylic acids is 2. The lowest BCUT2D eigenvalue weighted by molar-refractivity contribution is -0.122. The summed E-state index contributed by atoms with van der Waals surface area (Å²) in [6.45, 7) is 0.143. The minimum atomic E-state index is -0.602. The van der Waals surface area contributed by atoms with E-state index in [-0.39, 0.29) is 23.1 Å². The largest absolute Gasteiger partial charge is 0.497 e. The fourth-order valence-electron chi connectivity index (χ4n) is 3.47. The third kappa shape index (κ3) is 5.30. The van der Waals surface area contributed by atoms with Crippen LogP contribution in [0.5, 0.6) is 17.2 Å². The van der Waals surface area contributed by atoms with Gasteiger partial charge < -0.3 is 14.2 Å². The molecule has 2 amide bonds. The van der Waals surface area contributed by atoms with Gasteiger partial charge in [-0.1, -0.05) is 18.2 Å². The van der Waals surface area contributed by atoms with E-state index in [1.807, 2.05) is 0 Å². The Morgan fingerprint density at radius 1 is 0.971 bits per heavy atom. The summed E-state index contributed by atoms with van der Waals surface area (Å²) in [5.74, 6) is -0.0693. The Morgan fingerprint density at radius 2 is 1.74 bits per heavy atom. The highest BCUT2D eigenvalue weighted by Crippen LogP contribution is 2.31. The van der Waals surface area contributed by atoms with Crippen molar-refractivity contribution >= 4 is 40.9 Å². The monoisotopic (exact) mass is 492 g/mol. The smallest absolute Gasteiger partial charge is 0.270 e. The van der Waals surface area contributed by atoms with Crippen LogP contribution in [0.25, 0.3) is 6.08 Å². The molecule has 0 aliphatic carbocycles. The van der Waals surface area contributed by atoms with E-state index in [1.54, 1.807) is 61.7 Å². The first-order valence-electron chi connectivity index (χ1n) is 10.5. The van der Waals surface area contributed by atoms with Gasteiger partial charge in [0.15, 0.2) is 16.6 Å². The van der Waals surface area contributed by atoms with Crippen LogP contribution >= 0.6 is 12.2 Å². The van der Waals surface area contributed by atoms with E-state index in [0.717, 1.165) is 0 Å². The number of rotatable bonds is 7. The molecule has 1 N–H and O–H groups in total. The number of ether oxygens (including phenoxy) is 3. The van der Waals surface area contributed by atoms with Crippen LogP contribution in [0.1, 0.15) is 11.1 Å². The van der Waals surface area contributed by atoms with E-state index in [4.69, 9.17) is 26.4 Å². The zero-order valence-corrected chi connectivity index (χ0v) is 19.7.